The van der Waals surface area contributed by atoms with Crippen molar-refractivity contribution in [2.45, 2.75) is 26.4 Å². The summed E-state index contributed by atoms with van der Waals surface area (Å²) in [5.41, 5.74) is 1.64. The molecule has 0 N–H and O–H groups in total. The molecule has 2 aromatic rings. The van der Waals surface area contributed by atoms with Crippen LogP contribution in [0, 0.1) is 0 Å². The lowest BCUT2D eigenvalue weighted by Gasteiger charge is -2.14. The average molecular weight is 228 g/mol. The molecule has 0 aliphatic carbocycles. The minimum atomic E-state index is -0.269. The fraction of sp³-hybridized carbons (Fsp3) is 0.286. The molecule has 0 radical (unpaired) electrons. The molecule has 0 fully saturated rings. The van der Waals surface area contributed by atoms with Crippen LogP contribution in [0.3, 0.4) is 0 Å². The summed E-state index contributed by atoms with van der Waals surface area (Å²) < 4.78 is 0. The van der Waals surface area contributed by atoms with Gasteiger partial charge < -0.3 is 4.84 Å². The summed E-state index contributed by atoms with van der Waals surface area (Å²) in [6.45, 7) is 5.89. The number of para-hydroxylation sites is 1. The Balaban J connectivity index is 2.30. The first kappa shape index (κ1) is 11.6. The maximum atomic E-state index is 5.32. The Kier molecular flexibility index (Phi) is 3.09. The molecule has 1 aromatic carbocycles. The highest BCUT2D eigenvalue weighted by molar-refractivity contribution is 5.97. The Morgan fingerprint density at radius 1 is 1.18 bits per heavy atom. The highest BCUT2D eigenvalue weighted by atomic mass is 16.6. The van der Waals surface area contributed by atoms with Crippen LogP contribution in [0.4, 0.5) is 0 Å². The van der Waals surface area contributed by atoms with Gasteiger partial charge in [0, 0.05) is 17.1 Å². The van der Waals surface area contributed by atoms with Crippen molar-refractivity contribution in [2.75, 3.05) is 0 Å². The summed E-state index contributed by atoms with van der Waals surface area (Å²) in [6.07, 6.45) is 3.49. The third-order valence-electron chi connectivity index (χ3n) is 2.18. The van der Waals surface area contributed by atoms with Crippen LogP contribution in [0.2, 0.25) is 0 Å². The second-order valence-electron chi connectivity index (χ2n) is 4.86. The molecule has 0 atom stereocenters. The van der Waals surface area contributed by atoms with Crippen LogP contribution in [0.25, 0.3) is 10.9 Å². The van der Waals surface area contributed by atoms with Gasteiger partial charge in [-0.1, -0.05) is 29.4 Å². The Bertz CT molecular complexity index is 536. The number of rotatable bonds is 2. The van der Waals surface area contributed by atoms with E-state index in [1.807, 2.05) is 51.1 Å². The summed E-state index contributed by atoms with van der Waals surface area (Å²) in [5, 5.41) is 5.10. The van der Waals surface area contributed by atoms with Crippen molar-refractivity contribution in [1.82, 2.24) is 4.98 Å². The van der Waals surface area contributed by atoms with Crippen molar-refractivity contribution in [2.24, 2.45) is 5.16 Å². The summed E-state index contributed by atoms with van der Waals surface area (Å²) in [5.74, 6) is 0. The zero-order valence-corrected chi connectivity index (χ0v) is 10.3. The van der Waals surface area contributed by atoms with Crippen LogP contribution in [-0.2, 0) is 4.84 Å². The predicted molar refractivity (Wildman–Crippen MR) is 70.2 cm³/mol. The van der Waals surface area contributed by atoms with E-state index in [0.29, 0.717) is 0 Å². The van der Waals surface area contributed by atoms with Gasteiger partial charge in [-0.25, -0.2) is 0 Å². The third-order valence-corrected chi connectivity index (χ3v) is 2.18. The van der Waals surface area contributed by atoms with E-state index >= 15 is 0 Å². The zero-order valence-electron chi connectivity index (χ0n) is 10.3. The third kappa shape index (κ3) is 3.03. The number of hydrogen-bond acceptors (Lipinski definition) is 3. The van der Waals surface area contributed by atoms with Gasteiger partial charge in [0.2, 0.25) is 0 Å². The lowest BCUT2D eigenvalue weighted by atomic mass is 10.1. The zero-order chi connectivity index (χ0) is 12.3. The first-order chi connectivity index (χ1) is 8.06. The molecule has 0 amide bonds. The molecule has 3 nitrogen and oxygen atoms in total. The van der Waals surface area contributed by atoms with E-state index in [4.69, 9.17) is 4.84 Å². The van der Waals surface area contributed by atoms with E-state index in [1.54, 1.807) is 12.4 Å². The normalized spacial score (nSPS) is 12.2. The number of fused-ring (bicyclic) bond motifs is 1. The molecule has 0 bridgehead atoms. The summed E-state index contributed by atoms with van der Waals surface area (Å²) >= 11 is 0. The largest absolute Gasteiger partial charge is 0.390 e. The van der Waals surface area contributed by atoms with E-state index in [0.717, 1.165) is 16.5 Å². The molecule has 1 heterocycles. The van der Waals surface area contributed by atoms with Gasteiger partial charge in [0.15, 0.2) is 0 Å². The first-order valence-electron chi connectivity index (χ1n) is 5.61. The van der Waals surface area contributed by atoms with Crippen molar-refractivity contribution >= 4 is 17.1 Å². The molecule has 0 saturated carbocycles. The molecule has 88 valence electrons. The molecule has 1 aromatic heterocycles. The lowest BCUT2D eigenvalue weighted by Crippen LogP contribution is -2.15. The van der Waals surface area contributed by atoms with Gasteiger partial charge in [-0.3, -0.25) is 4.98 Å². The Morgan fingerprint density at radius 2 is 1.94 bits per heavy atom. The van der Waals surface area contributed by atoms with Crippen LogP contribution >= 0.6 is 0 Å². The Hall–Kier alpha value is -1.90. The fourth-order valence-corrected chi connectivity index (χ4v) is 1.47. The quantitative estimate of drug-likeness (QED) is 0.583. The maximum Gasteiger partial charge on any atom is 0.129 e. The average Bonchev–Trinajstić information content (AvgIpc) is 2.28. The Labute approximate surface area is 101 Å². The summed E-state index contributed by atoms with van der Waals surface area (Å²) in [4.78, 5) is 9.67. The second-order valence-corrected chi connectivity index (χ2v) is 4.86. The molecule has 0 saturated heterocycles. The number of hydrogen-bond donors (Lipinski definition) is 0. The van der Waals surface area contributed by atoms with Gasteiger partial charge in [0.25, 0.3) is 0 Å². The highest BCUT2D eigenvalue weighted by Gasteiger charge is 2.09. The molecule has 2 rings (SSSR count). The smallest absolute Gasteiger partial charge is 0.129 e. The summed E-state index contributed by atoms with van der Waals surface area (Å²) in [6, 6.07) is 9.96. The molecular formula is C14H16N2O. The van der Waals surface area contributed by atoms with E-state index < -0.39 is 0 Å². The predicted octanol–water partition coefficient (Wildman–Crippen LogP) is 3.38. The van der Waals surface area contributed by atoms with Gasteiger partial charge >= 0.3 is 0 Å². The molecule has 17 heavy (non-hydrogen) atoms. The number of oxime groups is 1. The topological polar surface area (TPSA) is 34.5 Å². The number of pyridine rings is 1. The van der Waals surface area contributed by atoms with Gasteiger partial charge in [-0.05, 0) is 26.8 Å². The van der Waals surface area contributed by atoms with E-state index in [2.05, 4.69) is 10.1 Å². The van der Waals surface area contributed by atoms with Crippen molar-refractivity contribution < 1.29 is 4.84 Å². The van der Waals surface area contributed by atoms with Crippen LogP contribution < -0.4 is 0 Å². The fourth-order valence-electron chi connectivity index (χ4n) is 1.47. The number of benzene rings is 1. The van der Waals surface area contributed by atoms with E-state index in [1.165, 1.54) is 0 Å². The molecule has 0 unspecified atom stereocenters. The van der Waals surface area contributed by atoms with Crippen molar-refractivity contribution in [3.05, 3.63) is 42.1 Å². The van der Waals surface area contributed by atoms with Gasteiger partial charge in [0.05, 0.1) is 11.7 Å². The lowest BCUT2D eigenvalue weighted by molar-refractivity contribution is 0.00200. The Morgan fingerprint density at radius 3 is 2.71 bits per heavy atom. The molecule has 3 heteroatoms. The van der Waals surface area contributed by atoms with Gasteiger partial charge in [-0.2, -0.15) is 0 Å². The standard InChI is InChI=1S/C14H16N2O/c1-14(2,3)17-16-10-12-7-4-6-11-8-5-9-15-13(11)12/h4-10H,1-3H3/b16-10+. The molecular weight excluding hydrogens is 212 g/mol. The van der Waals surface area contributed by atoms with Crippen molar-refractivity contribution in [3.63, 3.8) is 0 Å². The van der Waals surface area contributed by atoms with E-state index in [-0.39, 0.29) is 5.60 Å². The molecule has 0 aliphatic rings. The molecule has 0 aliphatic heterocycles. The summed E-state index contributed by atoms with van der Waals surface area (Å²) in [7, 11) is 0. The van der Waals surface area contributed by atoms with E-state index in [9.17, 15) is 0 Å². The maximum absolute atomic E-state index is 5.32. The van der Waals surface area contributed by atoms with Crippen LogP contribution in [-0.4, -0.2) is 16.8 Å². The SMILES string of the molecule is CC(C)(C)O/N=C/c1cccc2cccnc12. The molecule has 0 spiro atoms. The monoisotopic (exact) mass is 228 g/mol. The van der Waals surface area contributed by atoms with Crippen molar-refractivity contribution in [1.29, 1.82) is 0 Å². The van der Waals surface area contributed by atoms with Crippen LogP contribution in [0.5, 0.6) is 0 Å². The minimum Gasteiger partial charge on any atom is -0.390 e. The van der Waals surface area contributed by atoms with Gasteiger partial charge in [-0.15, -0.1) is 0 Å². The van der Waals surface area contributed by atoms with Crippen molar-refractivity contribution in [3.8, 4) is 0 Å². The highest BCUT2D eigenvalue weighted by Crippen LogP contribution is 2.14. The van der Waals surface area contributed by atoms with Crippen LogP contribution in [0.15, 0.2) is 41.7 Å². The van der Waals surface area contributed by atoms with Gasteiger partial charge in [0.1, 0.15) is 5.60 Å². The van der Waals surface area contributed by atoms with Crippen LogP contribution in [0.1, 0.15) is 26.3 Å². The minimum absolute atomic E-state index is 0.269. The first-order valence-corrected chi connectivity index (χ1v) is 5.61. The number of nitrogens with zero attached hydrogens (tertiary/aromatic N) is 2. The second kappa shape index (κ2) is 4.53. The number of aromatic nitrogens is 1.